The molecule has 0 aliphatic heterocycles. The first-order chi connectivity index (χ1) is 9.58. The van der Waals surface area contributed by atoms with Crippen LogP contribution in [-0.4, -0.2) is 26.2 Å². The van der Waals surface area contributed by atoms with Gasteiger partial charge < -0.3 is 4.84 Å². The van der Waals surface area contributed by atoms with Crippen molar-refractivity contribution in [1.82, 2.24) is 0 Å². The van der Waals surface area contributed by atoms with Crippen LogP contribution in [0.2, 0.25) is 0 Å². The van der Waals surface area contributed by atoms with Gasteiger partial charge in [0, 0.05) is 5.56 Å². The summed E-state index contributed by atoms with van der Waals surface area (Å²) >= 11 is 0. The maximum absolute atomic E-state index is 12.4. The molecular formula is C12H15F3N2O3S. The topological polar surface area (TPSA) is 67.8 Å². The second-order valence-corrected chi connectivity index (χ2v) is 5.87. The molecule has 9 heteroatoms. The normalized spacial score (nSPS) is 13.1. The Kier molecular flexibility index (Phi) is 5.21. The molecule has 0 aromatic heterocycles. The van der Waals surface area contributed by atoms with E-state index in [0.717, 1.165) is 0 Å². The number of alkyl halides is 3. The predicted octanol–water partition coefficient (Wildman–Crippen LogP) is 3.02. The lowest BCUT2D eigenvalue weighted by Crippen LogP contribution is -2.30. The third-order valence-corrected chi connectivity index (χ3v) is 3.54. The molecule has 0 saturated carbocycles. The predicted molar refractivity (Wildman–Crippen MR) is 73.6 cm³/mol. The average Bonchev–Trinajstić information content (AvgIpc) is 2.34. The van der Waals surface area contributed by atoms with Crippen LogP contribution in [0.1, 0.15) is 25.0 Å². The number of benzene rings is 1. The number of hydrogen-bond acceptors (Lipinski definition) is 4. The quantitative estimate of drug-likeness (QED) is 0.669. The molecule has 0 heterocycles. The second kappa shape index (κ2) is 6.33. The number of nitrogens with one attached hydrogen (secondary N) is 1. The van der Waals surface area contributed by atoms with Crippen LogP contribution >= 0.6 is 0 Å². The second-order valence-electron chi connectivity index (χ2n) is 4.19. The number of oxime groups is 1. The summed E-state index contributed by atoms with van der Waals surface area (Å²) in [7, 11) is -5.49. The van der Waals surface area contributed by atoms with Gasteiger partial charge in [0.05, 0.1) is 11.4 Å². The summed E-state index contributed by atoms with van der Waals surface area (Å²) in [6.07, 6.45) is 0. The molecule has 5 nitrogen and oxygen atoms in total. The van der Waals surface area contributed by atoms with E-state index >= 15 is 0 Å². The monoisotopic (exact) mass is 324 g/mol. The lowest BCUT2D eigenvalue weighted by molar-refractivity contribution is -0.0429. The van der Waals surface area contributed by atoms with Crippen molar-refractivity contribution < 1.29 is 26.4 Å². The lowest BCUT2D eigenvalue weighted by Gasteiger charge is -2.14. The maximum Gasteiger partial charge on any atom is 0.516 e. The highest BCUT2D eigenvalue weighted by Crippen LogP contribution is 2.28. The van der Waals surface area contributed by atoms with E-state index in [9.17, 15) is 21.6 Å². The molecule has 21 heavy (non-hydrogen) atoms. The minimum absolute atomic E-state index is 0.201. The highest BCUT2D eigenvalue weighted by molar-refractivity contribution is 7.93. The Morgan fingerprint density at radius 3 is 2.52 bits per heavy atom. The third-order valence-electron chi connectivity index (χ3n) is 2.44. The summed E-state index contributed by atoms with van der Waals surface area (Å²) in [5.41, 5.74) is -4.52. The molecule has 0 aliphatic carbocycles. The number of nitrogens with zero attached hydrogens (tertiary/aromatic N) is 1. The first-order valence-corrected chi connectivity index (χ1v) is 7.43. The van der Waals surface area contributed by atoms with E-state index in [1.807, 2.05) is 0 Å². The van der Waals surface area contributed by atoms with Crippen molar-refractivity contribution in [1.29, 1.82) is 0 Å². The van der Waals surface area contributed by atoms with Gasteiger partial charge in [-0.15, -0.1) is 0 Å². The summed E-state index contributed by atoms with van der Waals surface area (Å²) in [6, 6.07) is 4.40. The fourth-order valence-corrected chi connectivity index (χ4v) is 2.05. The van der Waals surface area contributed by atoms with E-state index < -0.39 is 15.5 Å². The Morgan fingerprint density at radius 2 is 2.00 bits per heavy atom. The zero-order valence-electron chi connectivity index (χ0n) is 11.7. The summed E-state index contributed by atoms with van der Waals surface area (Å²) in [5, 5.41) is 3.70. The first kappa shape index (κ1) is 17.3. The molecule has 0 saturated heterocycles. The van der Waals surface area contributed by atoms with Crippen molar-refractivity contribution in [3.8, 4) is 0 Å². The van der Waals surface area contributed by atoms with Crippen LogP contribution in [0.3, 0.4) is 0 Å². The van der Waals surface area contributed by atoms with Gasteiger partial charge in [0.15, 0.2) is 0 Å². The molecule has 0 atom stereocenters. The Bertz CT molecular complexity index is 640. The lowest BCUT2D eigenvalue weighted by atomic mass is 10.1. The van der Waals surface area contributed by atoms with Gasteiger partial charge in [-0.25, -0.2) is 0 Å². The minimum atomic E-state index is -5.49. The average molecular weight is 324 g/mol. The molecule has 0 spiro atoms. The van der Waals surface area contributed by atoms with Gasteiger partial charge in [-0.2, -0.15) is 21.6 Å². The van der Waals surface area contributed by atoms with E-state index in [1.54, 1.807) is 19.9 Å². The number of aryl methyl sites for hydroxylation is 1. The van der Waals surface area contributed by atoms with Gasteiger partial charge in [0.2, 0.25) is 0 Å². The number of anilines is 1. The van der Waals surface area contributed by atoms with Crippen molar-refractivity contribution in [2.75, 3.05) is 11.3 Å². The van der Waals surface area contributed by atoms with Crippen LogP contribution < -0.4 is 4.72 Å². The third kappa shape index (κ3) is 4.35. The van der Waals surface area contributed by atoms with Crippen LogP contribution in [0, 0.1) is 6.92 Å². The summed E-state index contributed by atoms with van der Waals surface area (Å²) in [5.74, 6) is 0. The zero-order valence-corrected chi connectivity index (χ0v) is 12.5. The smallest absolute Gasteiger partial charge is 0.396 e. The van der Waals surface area contributed by atoms with Gasteiger partial charge in [0.25, 0.3) is 0 Å². The van der Waals surface area contributed by atoms with Crippen LogP contribution in [0.5, 0.6) is 0 Å². The molecule has 0 unspecified atom stereocenters. The van der Waals surface area contributed by atoms with E-state index in [-0.39, 0.29) is 23.6 Å². The van der Waals surface area contributed by atoms with Gasteiger partial charge in [-0.3, -0.25) is 4.72 Å². The fraction of sp³-hybridized carbons (Fsp3) is 0.417. The van der Waals surface area contributed by atoms with Gasteiger partial charge in [-0.05, 0) is 32.4 Å². The van der Waals surface area contributed by atoms with E-state index in [0.29, 0.717) is 5.56 Å². The highest BCUT2D eigenvalue weighted by atomic mass is 32.2. The minimum Gasteiger partial charge on any atom is -0.396 e. The standard InChI is InChI=1S/C12H15F3N2O3S/c1-4-20-16-9(3)10-6-5-8(2)7-11(10)17-21(18,19)12(13,14)15/h5-7,17H,4H2,1-3H3/b16-9+. The Morgan fingerprint density at radius 1 is 1.38 bits per heavy atom. The fourth-order valence-electron chi connectivity index (χ4n) is 1.47. The van der Waals surface area contributed by atoms with Gasteiger partial charge in [-0.1, -0.05) is 17.3 Å². The van der Waals surface area contributed by atoms with Gasteiger partial charge >= 0.3 is 15.5 Å². The number of halogens is 3. The van der Waals surface area contributed by atoms with Gasteiger partial charge in [0.1, 0.15) is 6.61 Å². The Balaban J connectivity index is 3.27. The Labute approximate surface area is 120 Å². The van der Waals surface area contributed by atoms with Crippen LogP contribution in [0.15, 0.2) is 23.4 Å². The molecule has 0 fully saturated rings. The van der Waals surface area contributed by atoms with Crippen LogP contribution in [0.4, 0.5) is 18.9 Å². The highest BCUT2D eigenvalue weighted by Gasteiger charge is 2.46. The van der Waals surface area contributed by atoms with Crippen molar-refractivity contribution in [2.45, 2.75) is 26.3 Å². The molecule has 0 bridgehead atoms. The SMILES string of the molecule is CCO/N=C(\C)c1ccc(C)cc1NS(=O)(=O)C(F)(F)F. The molecule has 1 aromatic rings. The molecule has 0 amide bonds. The van der Waals surface area contributed by atoms with Crippen molar-refractivity contribution in [3.05, 3.63) is 29.3 Å². The maximum atomic E-state index is 12.4. The van der Waals surface area contributed by atoms with Crippen LogP contribution in [-0.2, 0) is 14.9 Å². The van der Waals surface area contributed by atoms with Crippen molar-refractivity contribution in [2.24, 2.45) is 5.16 Å². The molecule has 0 aliphatic rings. The molecular weight excluding hydrogens is 309 g/mol. The Hall–Kier alpha value is -1.77. The van der Waals surface area contributed by atoms with E-state index in [2.05, 4.69) is 5.16 Å². The first-order valence-electron chi connectivity index (χ1n) is 5.95. The van der Waals surface area contributed by atoms with Crippen LogP contribution in [0.25, 0.3) is 0 Å². The van der Waals surface area contributed by atoms with E-state index in [1.165, 1.54) is 23.8 Å². The number of sulfonamides is 1. The summed E-state index contributed by atoms with van der Waals surface area (Å²) in [6.45, 7) is 5.11. The largest absolute Gasteiger partial charge is 0.516 e. The van der Waals surface area contributed by atoms with Crippen molar-refractivity contribution >= 4 is 21.4 Å². The summed E-state index contributed by atoms with van der Waals surface area (Å²) < 4.78 is 61.3. The molecule has 1 N–H and O–H groups in total. The molecule has 0 radical (unpaired) electrons. The van der Waals surface area contributed by atoms with E-state index in [4.69, 9.17) is 4.84 Å². The zero-order chi connectivity index (χ0) is 16.3. The molecule has 1 rings (SSSR count). The molecule has 118 valence electrons. The number of rotatable bonds is 5. The van der Waals surface area contributed by atoms with Crippen molar-refractivity contribution in [3.63, 3.8) is 0 Å². The summed E-state index contributed by atoms with van der Waals surface area (Å²) in [4.78, 5) is 4.82. The molecule has 1 aromatic carbocycles. The number of hydrogen-bond donors (Lipinski definition) is 1.